The molecule has 1 aliphatic heterocycles. The van der Waals surface area contributed by atoms with E-state index >= 15 is 0 Å². The van der Waals surface area contributed by atoms with Crippen LogP contribution in [-0.2, 0) is 22.6 Å². The van der Waals surface area contributed by atoms with Gasteiger partial charge >= 0.3 is 0 Å². The van der Waals surface area contributed by atoms with Gasteiger partial charge in [-0.15, -0.1) is 0 Å². The molecule has 5 heteroatoms. The number of nitrogens with one attached hydrogen (secondary N) is 2. The molecular formula is C22H33N3O2. The van der Waals surface area contributed by atoms with E-state index in [0.717, 1.165) is 45.2 Å². The van der Waals surface area contributed by atoms with Crippen LogP contribution in [-0.4, -0.2) is 41.9 Å². The van der Waals surface area contributed by atoms with E-state index in [1.165, 1.54) is 11.1 Å². The molecule has 27 heavy (non-hydrogen) atoms. The maximum atomic E-state index is 12.6. The van der Waals surface area contributed by atoms with Gasteiger partial charge in [-0.25, -0.2) is 0 Å². The van der Waals surface area contributed by atoms with Gasteiger partial charge in [0.15, 0.2) is 0 Å². The Hall–Kier alpha value is -1.88. The minimum atomic E-state index is -0.177. The van der Waals surface area contributed by atoms with Gasteiger partial charge in [0, 0.05) is 31.6 Å². The molecule has 2 amide bonds. The lowest BCUT2D eigenvalue weighted by molar-refractivity contribution is -0.126. The summed E-state index contributed by atoms with van der Waals surface area (Å²) in [4.78, 5) is 27.4. The first kappa shape index (κ1) is 19.9. The van der Waals surface area contributed by atoms with Gasteiger partial charge in [-0.2, -0.15) is 0 Å². The van der Waals surface area contributed by atoms with Crippen LogP contribution in [0.4, 0.5) is 0 Å². The Kier molecular flexibility index (Phi) is 6.89. The minimum Gasteiger partial charge on any atom is -0.355 e. The van der Waals surface area contributed by atoms with Crippen LogP contribution in [0.1, 0.15) is 57.1 Å². The molecule has 1 saturated carbocycles. The molecule has 1 heterocycles. The lowest BCUT2D eigenvalue weighted by atomic mass is 10.0. The SMILES string of the molecule is CCNC(=O)[C@@H]1C[C@H](NC(=O)C2CCCC2)CN1Cc1ccccc1CC. The van der Waals surface area contributed by atoms with E-state index in [-0.39, 0.29) is 29.8 Å². The average Bonchev–Trinajstić information content (AvgIpc) is 3.32. The zero-order valence-corrected chi connectivity index (χ0v) is 16.7. The topological polar surface area (TPSA) is 61.4 Å². The summed E-state index contributed by atoms with van der Waals surface area (Å²) in [6.45, 7) is 6.23. The first-order chi connectivity index (χ1) is 13.1. The van der Waals surface area contributed by atoms with E-state index in [4.69, 9.17) is 0 Å². The number of hydrogen-bond donors (Lipinski definition) is 2. The van der Waals surface area contributed by atoms with Crippen LogP contribution < -0.4 is 10.6 Å². The third-order valence-corrected chi connectivity index (χ3v) is 6.00. The average molecular weight is 372 g/mol. The fourth-order valence-electron chi connectivity index (χ4n) is 4.53. The van der Waals surface area contributed by atoms with Crippen LogP contribution in [0.2, 0.25) is 0 Å². The number of likely N-dealkylation sites (tertiary alicyclic amines) is 1. The van der Waals surface area contributed by atoms with Crippen LogP contribution in [0.5, 0.6) is 0 Å². The lowest BCUT2D eigenvalue weighted by Crippen LogP contribution is -2.42. The van der Waals surface area contributed by atoms with Crippen LogP contribution in [0.25, 0.3) is 0 Å². The highest BCUT2D eigenvalue weighted by atomic mass is 16.2. The van der Waals surface area contributed by atoms with E-state index < -0.39 is 0 Å². The summed E-state index contributed by atoms with van der Waals surface area (Å²) < 4.78 is 0. The summed E-state index contributed by atoms with van der Waals surface area (Å²) in [7, 11) is 0. The molecule has 3 rings (SSSR count). The second kappa shape index (κ2) is 9.36. The quantitative estimate of drug-likeness (QED) is 0.775. The van der Waals surface area contributed by atoms with Gasteiger partial charge in [0.25, 0.3) is 0 Å². The molecule has 2 fully saturated rings. The van der Waals surface area contributed by atoms with Gasteiger partial charge in [0.1, 0.15) is 0 Å². The van der Waals surface area contributed by atoms with E-state index in [1.807, 2.05) is 6.92 Å². The number of nitrogens with zero attached hydrogens (tertiary/aromatic N) is 1. The highest BCUT2D eigenvalue weighted by Gasteiger charge is 2.38. The van der Waals surface area contributed by atoms with Crippen LogP contribution in [0, 0.1) is 5.92 Å². The van der Waals surface area contributed by atoms with Gasteiger partial charge in [-0.3, -0.25) is 14.5 Å². The number of rotatable bonds is 7. The van der Waals surface area contributed by atoms with Crippen molar-refractivity contribution in [1.82, 2.24) is 15.5 Å². The summed E-state index contributed by atoms with van der Waals surface area (Å²) in [6.07, 6.45) is 6.00. The van der Waals surface area contributed by atoms with Crippen molar-refractivity contribution >= 4 is 11.8 Å². The number of hydrogen-bond acceptors (Lipinski definition) is 3. The zero-order valence-electron chi connectivity index (χ0n) is 16.7. The largest absolute Gasteiger partial charge is 0.355 e. The van der Waals surface area contributed by atoms with E-state index in [1.54, 1.807) is 0 Å². The Balaban J connectivity index is 1.69. The second-order valence-corrected chi connectivity index (χ2v) is 7.88. The van der Waals surface area contributed by atoms with Gasteiger partial charge in [-0.1, -0.05) is 44.0 Å². The summed E-state index contributed by atoms with van der Waals surface area (Å²) in [5, 5.41) is 6.20. The summed E-state index contributed by atoms with van der Waals surface area (Å²) in [5.74, 6) is 0.426. The van der Waals surface area contributed by atoms with Gasteiger partial charge < -0.3 is 10.6 Å². The van der Waals surface area contributed by atoms with Crippen LogP contribution in [0.3, 0.4) is 0 Å². The summed E-state index contributed by atoms with van der Waals surface area (Å²) in [5.41, 5.74) is 2.60. The zero-order chi connectivity index (χ0) is 19.2. The van der Waals surface area contributed by atoms with E-state index in [9.17, 15) is 9.59 Å². The Morgan fingerprint density at radius 3 is 2.44 bits per heavy atom. The Morgan fingerprint density at radius 1 is 1.07 bits per heavy atom. The fourth-order valence-corrected chi connectivity index (χ4v) is 4.53. The van der Waals surface area contributed by atoms with Crippen molar-refractivity contribution in [2.45, 2.75) is 71.0 Å². The third kappa shape index (κ3) is 4.89. The summed E-state index contributed by atoms with van der Waals surface area (Å²) in [6, 6.07) is 8.32. The maximum Gasteiger partial charge on any atom is 0.237 e. The molecule has 0 radical (unpaired) electrons. The highest BCUT2D eigenvalue weighted by molar-refractivity contribution is 5.83. The monoisotopic (exact) mass is 371 g/mol. The molecule has 0 unspecified atom stereocenters. The Bertz CT molecular complexity index is 655. The molecule has 0 bridgehead atoms. The highest BCUT2D eigenvalue weighted by Crippen LogP contribution is 2.27. The molecule has 2 aliphatic rings. The molecular weight excluding hydrogens is 338 g/mol. The number of carbonyl (C=O) groups is 2. The lowest BCUT2D eigenvalue weighted by Gasteiger charge is -2.24. The predicted octanol–water partition coefficient (Wildman–Crippen LogP) is 2.63. The minimum absolute atomic E-state index is 0.0551. The normalized spacial score (nSPS) is 23.5. The van der Waals surface area contributed by atoms with Crippen molar-refractivity contribution in [3.05, 3.63) is 35.4 Å². The number of benzene rings is 1. The summed E-state index contributed by atoms with van der Waals surface area (Å²) >= 11 is 0. The van der Waals surface area contributed by atoms with Crippen molar-refractivity contribution in [3.8, 4) is 0 Å². The number of aryl methyl sites for hydroxylation is 1. The Morgan fingerprint density at radius 2 is 1.78 bits per heavy atom. The number of likely N-dealkylation sites (N-methyl/N-ethyl adjacent to an activating group) is 1. The van der Waals surface area contributed by atoms with Crippen LogP contribution in [0.15, 0.2) is 24.3 Å². The molecule has 1 aliphatic carbocycles. The van der Waals surface area contributed by atoms with E-state index in [0.29, 0.717) is 13.0 Å². The van der Waals surface area contributed by atoms with Crippen LogP contribution >= 0.6 is 0 Å². The maximum absolute atomic E-state index is 12.6. The fraction of sp³-hybridized carbons (Fsp3) is 0.636. The van der Waals surface area contributed by atoms with Crippen molar-refractivity contribution in [3.63, 3.8) is 0 Å². The standard InChI is InChI=1S/C22H33N3O2/c1-3-16-9-5-8-12-18(16)14-25-15-19(13-20(25)22(27)23-4-2)24-21(26)17-10-6-7-11-17/h5,8-9,12,17,19-20H,3-4,6-7,10-11,13-15H2,1-2H3,(H,23,27)(H,24,26)/t19-,20-/m0/s1. The molecule has 148 valence electrons. The Labute approximate surface area is 162 Å². The first-order valence-electron chi connectivity index (χ1n) is 10.5. The van der Waals surface area contributed by atoms with Crippen molar-refractivity contribution in [2.75, 3.05) is 13.1 Å². The van der Waals surface area contributed by atoms with Gasteiger partial charge in [0.05, 0.1) is 6.04 Å². The molecule has 2 N–H and O–H groups in total. The first-order valence-corrected chi connectivity index (χ1v) is 10.5. The molecule has 1 aromatic carbocycles. The van der Waals surface area contributed by atoms with E-state index in [2.05, 4.69) is 46.7 Å². The number of amides is 2. The van der Waals surface area contributed by atoms with Gasteiger partial charge in [-0.05, 0) is 43.7 Å². The molecule has 1 aromatic rings. The molecule has 0 spiro atoms. The number of carbonyl (C=O) groups excluding carboxylic acids is 2. The van der Waals surface area contributed by atoms with Crippen molar-refractivity contribution in [1.29, 1.82) is 0 Å². The smallest absolute Gasteiger partial charge is 0.237 e. The van der Waals surface area contributed by atoms with Gasteiger partial charge in [0.2, 0.25) is 11.8 Å². The molecule has 1 saturated heterocycles. The van der Waals surface area contributed by atoms with Crippen molar-refractivity contribution < 1.29 is 9.59 Å². The second-order valence-electron chi connectivity index (χ2n) is 7.88. The molecule has 0 aromatic heterocycles. The predicted molar refractivity (Wildman–Crippen MR) is 107 cm³/mol. The third-order valence-electron chi connectivity index (χ3n) is 6.00. The molecule has 5 nitrogen and oxygen atoms in total. The molecule has 2 atom stereocenters. The van der Waals surface area contributed by atoms with Crippen molar-refractivity contribution in [2.24, 2.45) is 5.92 Å².